The van der Waals surface area contributed by atoms with Crippen LogP contribution in [-0.2, 0) is 10.2 Å². The summed E-state index contributed by atoms with van der Waals surface area (Å²) in [7, 11) is 0. The van der Waals surface area contributed by atoms with Crippen molar-refractivity contribution in [2.24, 2.45) is 0 Å². The first-order valence-corrected chi connectivity index (χ1v) is 8.77. The number of carbonyl (C=O) groups excluding carboxylic acids is 1. The smallest absolute Gasteiger partial charge is 0.230 e. The third-order valence-corrected chi connectivity index (χ3v) is 5.45. The van der Waals surface area contributed by atoms with Gasteiger partial charge in [0.1, 0.15) is 0 Å². The topological polar surface area (TPSA) is 29.1 Å². The minimum absolute atomic E-state index is 0.121. The van der Waals surface area contributed by atoms with E-state index in [0.717, 1.165) is 11.4 Å². The van der Waals surface area contributed by atoms with Gasteiger partial charge < -0.3 is 5.32 Å². The molecule has 0 radical (unpaired) electrons. The standard InChI is InChI=1S/C19H21NOS/c21-18(14-22-17-10-5-2-6-11-17)20-15-19(12-7-13-19)16-8-3-1-4-9-16/h1-6,8-11H,7,12-15H2,(H,20,21). The fourth-order valence-corrected chi connectivity index (χ4v) is 3.70. The molecule has 0 spiro atoms. The van der Waals surface area contributed by atoms with E-state index in [-0.39, 0.29) is 11.3 Å². The summed E-state index contributed by atoms with van der Waals surface area (Å²) >= 11 is 1.59. The number of carbonyl (C=O) groups is 1. The SMILES string of the molecule is O=C(CSc1ccccc1)NCC1(c2ccccc2)CCC1. The van der Waals surface area contributed by atoms with E-state index < -0.39 is 0 Å². The molecule has 2 nitrogen and oxygen atoms in total. The van der Waals surface area contributed by atoms with Crippen LogP contribution in [0.15, 0.2) is 65.6 Å². The van der Waals surface area contributed by atoms with Crippen LogP contribution in [0.4, 0.5) is 0 Å². The van der Waals surface area contributed by atoms with Crippen LogP contribution >= 0.6 is 11.8 Å². The molecule has 2 aromatic rings. The molecule has 0 heterocycles. The molecule has 1 saturated carbocycles. The van der Waals surface area contributed by atoms with Crippen LogP contribution in [0, 0.1) is 0 Å². The van der Waals surface area contributed by atoms with Gasteiger partial charge in [0.2, 0.25) is 5.91 Å². The van der Waals surface area contributed by atoms with Gasteiger partial charge >= 0.3 is 0 Å². The van der Waals surface area contributed by atoms with Crippen molar-refractivity contribution in [3.63, 3.8) is 0 Å². The lowest BCUT2D eigenvalue weighted by molar-refractivity contribution is -0.119. The van der Waals surface area contributed by atoms with Crippen molar-refractivity contribution in [3.05, 3.63) is 66.2 Å². The summed E-state index contributed by atoms with van der Waals surface area (Å²) in [5.41, 5.74) is 1.52. The minimum atomic E-state index is 0.121. The Labute approximate surface area is 136 Å². The second kappa shape index (κ2) is 7.01. The highest BCUT2D eigenvalue weighted by atomic mass is 32.2. The third kappa shape index (κ3) is 3.53. The summed E-state index contributed by atoms with van der Waals surface area (Å²) in [6.07, 6.45) is 3.59. The normalized spacial score (nSPS) is 15.8. The molecule has 1 aliphatic carbocycles. The van der Waals surface area contributed by atoms with E-state index in [1.807, 2.05) is 36.4 Å². The van der Waals surface area contributed by atoms with Gasteiger partial charge in [-0.05, 0) is 30.5 Å². The zero-order valence-electron chi connectivity index (χ0n) is 12.6. The van der Waals surface area contributed by atoms with Gasteiger partial charge in [-0.2, -0.15) is 0 Å². The molecule has 0 saturated heterocycles. The van der Waals surface area contributed by atoms with Crippen LogP contribution in [0.25, 0.3) is 0 Å². The molecule has 0 aromatic heterocycles. The van der Waals surface area contributed by atoms with Gasteiger partial charge in [-0.3, -0.25) is 4.79 Å². The van der Waals surface area contributed by atoms with Crippen LogP contribution < -0.4 is 5.32 Å². The van der Waals surface area contributed by atoms with E-state index in [0.29, 0.717) is 5.75 Å². The van der Waals surface area contributed by atoms with Gasteiger partial charge in [0.05, 0.1) is 5.75 Å². The fourth-order valence-electron chi connectivity index (χ4n) is 2.95. The largest absolute Gasteiger partial charge is 0.354 e. The van der Waals surface area contributed by atoms with E-state index in [9.17, 15) is 4.79 Å². The number of rotatable bonds is 6. The molecule has 3 heteroatoms. The van der Waals surface area contributed by atoms with Crippen molar-refractivity contribution < 1.29 is 4.79 Å². The first-order valence-electron chi connectivity index (χ1n) is 7.79. The van der Waals surface area contributed by atoms with Gasteiger partial charge in [-0.15, -0.1) is 11.8 Å². The minimum Gasteiger partial charge on any atom is -0.354 e. The van der Waals surface area contributed by atoms with Crippen molar-refractivity contribution >= 4 is 17.7 Å². The highest BCUT2D eigenvalue weighted by Crippen LogP contribution is 2.43. The molecule has 22 heavy (non-hydrogen) atoms. The maximum Gasteiger partial charge on any atom is 0.230 e. The zero-order chi connectivity index (χ0) is 15.3. The number of thioether (sulfide) groups is 1. The Morgan fingerprint density at radius 3 is 2.23 bits per heavy atom. The van der Waals surface area contributed by atoms with E-state index in [2.05, 4.69) is 29.6 Å². The monoisotopic (exact) mass is 311 g/mol. The average molecular weight is 311 g/mol. The molecule has 2 aromatic carbocycles. The number of benzene rings is 2. The molecule has 3 rings (SSSR count). The first-order chi connectivity index (χ1) is 10.8. The van der Waals surface area contributed by atoms with Crippen molar-refractivity contribution in [3.8, 4) is 0 Å². The molecule has 0 bridgehead atoms. The summed E-state index contributed by atoms with van der Waals surface area (Å²) in [5.74, 6) is 0.602. The van der Waals surface area contributed by atoms with Gasteiger partial charge in [0, 0.05) is 16.9 Å². The lowest BCUT2D eigenvalue weighted by Gasteiger charge is -2.42. The predicted molar refractivity (Wildman–Crippen MR) is 92.1 cm³/mol. The number of hydrogen-bond acceptors (Lipinski definition) is 2. The molecule has 1 aliphatic rings. The molecule has 114 valence electrons. The highest BCUT2D eigenvalue weighted by Gasteiger charge is 2.38. The molecular formula is C19H21NOS. The molecule has 1 fully saturated rings. The van der Waals surface area contributed by atoms with Crippen molar-refractivity contribution in [2.45, 2.75) is 29.6 Å². The van der Waals surface area contributed by atoms with E-state index in [1.165, 1.54) is 24.8 Å². The maximum atomic E-state index is 12.1. The molecular weight excluding hydrogens is 290 g/mol. The summed E-state index contributed by atoms with van der Waals surface area (Å²) in [5, 5.41) is 3.13. The van der Waals surface area contributed by atoms with Crippen LogP contribution in [0.5, 0.6) is 0 Å². The van der Waals surface area contributed by atoms with Crippen LogP contribution in [0.2, 0.25) is 0 Å². The average Bonchev–Trinajstić information content (AvgIpc) is 2.54. The second-order valence-electron chi connectivity index (χ2n) is 5.88. The quantitative estimate of drug-likeness (QED) is 0.817. The van der Waals surface area contributed by atoms with Crippen molar-refractivity contribution in [1.82, 2.24) is 5.32 Å². The van der Waals surface area contributed by atoms with Crippen molar-refractivity contribution in [2.75, 3.05) is 12.3 Å². The Morgan fingerprint density at radius 1 is 1.00 bits per heavy atom. The van der Waals surface area contributed by atoms with Gasteiger partial charge in [-0.25, -0.2) is 0 Å². The summed E-state index contributed by atoms with van der Waals surface area (Å²) < 4.78 is 0. The Balaban J connectivity index is 1.52. The molecule has 0 unspecified atom stereocenters. The van der Waals surface area contributed by atoms with E-state index in [1.54, 1.807) is 11.8 Å². The predicted octanol–water partition coefficient (Wildman–Crippen LogP) is 4.02. The molecule has 1 amide bonds. The third-order valence-electron chi connectivity index (χ3n) is 4.43. The summed E-state index contributed by atoms with van der Waals surface area (Å²) in [6.45, 7) is 0.755. The van der Waals surface area contributed by atoms with Crippen LogP contribution in [0.3, 0.4) is 0 Å². The Bertz CT molecular complexity index is 608. The highest BCUT2D eigenvalue weighted by molar-refractivity contribution is 8.00. The van der Waals surface area contributed by atoms with Crippen molar-refractivity contribution in [1.29, 1.82) is 0 Å². The summed E-state index contributed by atoms with van der Waals surface area (Å²) in [6, 6.07) is 20.6. The molecule has 1 N–H and O–H groups in total. The zero-order valence-corrected chi connectivity index (χ0v) is 13.4. The fraction of sp³-hybridized carbons (Fsp3) is 0.316. The van der Waals surface area contributed by atoms with E-state index >= 15 is 0 Å². The number of amides is 1. The van der Waals surface area contributed by atoms with Crippen LogP contribution in [-0.4, -0.2) is 18.2 Å². The number of nitrogens with one attached hydrogen (secondary N) is 1. The molecule has 0 atom stereocenters. The van der Waals surface area contributed by atoms with E-state index in [4.69, 9.17) is 0 Å². The number of hydrogen-bond donors (Lipinski definition) is 1. The van der Waals surface area contributed by atoms with Gasteiger partial charge in [0.15, 0.2) is 0 Å². The van der Waals surface area contributed by atoms with Gasteiger partial charge in [-0.1, -0.05) is 55.0 Å². The lowest BCUT2D eigenvalue weighted by atomic mass is 9.64. The Morgan fingerprint density at radius 2 is 1.64 bits per heavy atom. The summed E-state index contributed by atoms with van der Waals surface area (Å²) in [4.78, 5) is 13.2. The second-order valence-corrected chi connectivity index (χ2v) is 6.93. The van der Waals surface area contributed by atoms with Gasteiger partial charge in [0.25, 0.3) is 0 Å². The van der Waals surface area contributed by atoms with Crippen LogP contribution in [0.1, 0.15) is 24.8 Å². The first kappa shape index (κ1) is 15.2. The molecule has 0 aliphatic heterocycles. The Hall–Kier alpha value is -1.74. The Kier molecular flexibility index (Phi) is 4.84. The lowest BCUT2D eigenvalue weighted by Crippen LogP contribution is -2.46. The maximum absolute atomic E-state index is 12.1.